The van der Waals surface area contributed by atoms with Gasteiger partial charge in [-0.2, -0.15) is 0 Å². The van der Waals surface area contributed by atoms with Crippen LogP contribution in [0.3, 0.4) is 0 Å². The largest absolute Gasteiger partial charge is 0.497 e. The highest BCUT2D eigenvalue weighted by Crippen LogP contribution is 2.34. The summed E-state index contributed by atoms with van der Waals surface area (Å²) < 4.78 is 5.21. The van der Waals surface area contributed by atoms with Gasteiger partial charge in [0.2, 0.25) is 0 Å². The third-order valence-corrected chi connectivity index (χ3v) is 4.28. The third-order valence-electron chi connectivity index (χ3n) is 3.55. The van der Waals surface area contributed by atoms with Crippen molar-refractivity contribution in [2.24, 2.45) is 0 Å². The van der Waals surface area contributed by atoms with Crippen LogP contribution in [0.1, 0.15) is 29.7 Å². The van der Waals surface area contributed by atoms with Crippen LogP contribution < -0.4 is 10.1 Å². The third kappa shape index (κ3) is 3.52. The number of methoxy groups -OCH3 is 1. The Hall–Kier alpha value is -1.22. The summed E-state index contributed by atoms with van der Waals surface area (Å²) in [5, 5.41) is 4.92. The van der Waals surface area contributed by atoms with Gasteiger partial charge in [-0.3, -0.25) is 0 Å². The van der Waals surface area contributed by atoms with Crippen LogP contribution in [-0.4, -0.2) is 13.7 Å². The van der Waals surface area contributed by atoms with Crippen molar-refractivity contribution in [3.05, 3.63) is 63.1 Å². The molecular formula is C17H19Cl2NO. The maximum atomic E-state index is 6.43. The molecule has 1 N–H and O–H groups in total. The highest BCUT2D eigenvalue weighted by atomic mass is 35.5. The molecule has 2 nitrogen and oxygen atoms in total. The van der Waals surface area contributed by atoms with Crippen molar-refractivity contribution in [2.75, 3.05) is 13.7 Å². The lowest BCUT2D eigenvalue weighted by Gasteiger charge is -2.22. The molecule has 0 aliphatic carbocycles. The number of rotatable bonds is 5. The van der Waals surface area contributed by atoms with E-state index in [1.807, 2.05) is 37.3 Å². The van der Waals surface area contributed by atoms with Gasteiger partial charge in [-0.25, -0.2) is 0 Å². The van der Waals surface area contributed by atoms with Crippen LogP contribution in [0.4, 0.5) is 0 Å². The molecule has 0 aromatic heterocycles. The van der Waals surface area contributed by atoms with Crippen LogP contribution in [0, 0.1) is 6.92 Å². The maximum absolute atomic E-state index is 6.43. The Kier molecular flexibility index (Phi) is 5.51. The normalized spacial score (nSPS) is 12.2. The quantitative estimate of drug-likeness (QED) is 0.835. The molecular weight excluding hydrogens is 305 g/mol. The molecule has 0 saturated carbocycles. The minimum Gasteiger partial charge on any atom is -0.497 e. The van der Waals surface area contributed by atoms with Crippen molar-refractivity contribution in [3.8, 4) is 5.75 Å². The number of halogens is 2. The van der Waals surface area contributed by atoms with E-state index >= 15 is 0 Å². The SMILES string of the molecule is CCNC(c1ccc(OC)cc1Cl)c1cccc(Cl)c1C. The van der Waals surface area contributed by atoms with Crippen LogP contribution in [0.2, 0.25) is 10.0 Å². The zero-order valence-electron chi connectivity index (χ0n) is 12.4. The Morgan fingerprint density at radius 1 is 1.10 bits per heavy atom. The summed E-state index contributed by atoms with van der Waals surface area (Å²) in [5.74, 6) is 0.752. The van der Waals surface area contributed by atoms with Gasteiger partial charge in [-0.1, -0.05) is 48.3 Å². The van der Waals surface area contributed by atoms with Gasteiger partial charge in [0.1, 0.15) is 5.75 Å². The summed E-state index contributed by atoms with van der Waals surface area (Å²) in [7, 11) is 1.63. The lowest BCUT2D eigenvalue weighted by molar-refractivity contribution is 0.414. The molecule has 0 fully saturated rings. The second kappa shape index (κ2) is 7.17. The van der Waals surface area contributed by atoms with E-state index in [0.717, 1.165) is 34.0 Å². The smallest absolute Gasteiger partial charge is 0.120 e. The molecule has 1 atom stereocenters. The van der Waals surface area contributed by atoms with Crippen LogP contribution >= 0.6 is 23.2 Å². The topological polar surface area (TPSA) is 21.3 Å². The minimum atomic E-state index is 0.00658. The van der Waals surface area contributed by atoms with E-state index in [4.69, 9.17) is 27.9 Å². The fourth-order valence-corrected chi connectivity index (χ4v) is 2.86. The van der Waals surface area contributed by atoms with Gasteiger partial charge in [0.05, 0.1) is 13.2 Å². The van der Waals surface area contributed by atoms with Gasteiger partial charge >= 0.3 is 0 Å². The fourth-order valence-electron chi connectivity index (χ4n) is 2.40. The van der Waals surface area contributed by atoms with Gasteiger partial charge in [-0.05, 0) is 48.4 Å². The number of nitrogens with one attached hydrogen (secondary N) is 1. The van der Waals surface area contributed by atoms with Crippen LogP contribution in [0.15, 0.2) is 36.4 Å². The molecule has 2 rings (SSSR count). The lowest BCUT2D eigenvalue weighted by atomic mass is 9.94. The molecule has 0 spiro atoms. The second-order valence-electron chi connectivity index (χ2n) is 4.83. The molecule has 0 radical (unpaired) electrons. The van der Waals surface area contributed by atoms with Crippen molar-refractivity contribution in [1.29, 1.82) is 0 Å². The molecule has 0 bridgehead atoms. The molecule has 1 unspecified atom stereocenters. The van der Waals surface area contributed by atoms with Crippen LogP contribution in [-0.2, 0) is 0 Å². The molecule has 2 aromatic carbocycles. The average Bonchev–Trinajstić information content (AvgIpc) is 2.48. The Morgan fingerprint density at radius 2 is 1.86 bits per heavy atom. The Morgan fingerprint density at radius 3 is 2.48 bits per heavy atom. The lowest BCUT2D eigenvalue weighted by Crippen LogP contribution is -2.23. The van der Waals surface area contributed by atoms with E-state index in [1.165, 1.54) is 0 Å². The first-order chi connectivity index (χ1) is 10.1. The molecule has 0 aliphatic rings. The molecule has 0 saturated heterocycles. The summed E-state index contributed by atoms with van der Waals surface area (Å²) >= 11 is 12.7. The van der Waals surface area contributed by atoms with Crippen LogP contribution in [0.25, 0.3) is 0 Å². The molecule has 0 heterocycles. The second-order valence-corrected chi connectivity index (χ2v) is 5.65. The minimum absolute atomic E-state index is 0.00658. The van der Waals surface area contributed by atoms with Crippen molar-refractivity contribution in [1.82, 2.24) is 5.32 Å². The standard InChI is InChI=1S/C17H19Cl2NO/c1-4-20-17(13-6-5-7-15(18)11(13)2)14-9-8-12(21-3)10-16(14)19/h5-10,17,20H,4H2,1-3H3. The zero-order chi connectivity index (χ0) is 15.4. The summed E-state index contributed by atoms with van der Waals surface area (Å²) in [6.07, 6.45) is 0. The monoisotopic (exact) mass is 323 g/mol. The van der Waals surface area contributed by atoms with Crippen LogP contribution in [0.5, 0.6) is 5.75 Å². The number of hydrogen-bond donors (Lipinski definition) is 1. The number of hydrogen-bond acceptors (Lipinski definition) is 2. The summed E-state index contributed by atoms with van der Waals surface area (Å²) in [6, 6.07) is 11.7. The van der Waals surface area contributed by atoms with E-state index in [0.29, 0.717) is 5.02 Å². The predicted molar refractivity (Wildman–Crippen MR) is 89.7 cm³/mol. The van der Waals surface area contributed by atoms with Gasteiger partial charge < -0.3 is 10.1 Å². The first-order valence-electron chi connectivity index (χ1n) is 6.90. The van der Waals surface area contributed by atoms with E-state index < -0.39 is 0 Å². The molecule has 4 heteroatoms. The van der Waals surface area contributed by atoms with Crippen molar-refractivity contribution in [2.45, 2.75) is 19.9 Å². The Labute approximate surface area is 136 Å². The first kappa shape index (κ1) is 16.2. The molecule has 0 amide bonds. The summed E-state index contributed by atoms with van der Waals surface area (Å²) in [6.45, 7) is 4.93. The summed E-state index contributed by atoms with van der Waals surface area (Å²) in [4.78, 5) is 0. The van der Waals surface area contributed by atoms with Gasteiger partial charge in [-0.15, -0.1) is 0 Å². The maximum Gasteiger partial charge on any atom is 0.120 e. The zero-order valence-corrected chi connectivity index (χ0v) is 13.9. The summed E-state index contributed by atoms with van der Waals surface area (Å²) in [5.41, 5.74) is 3.22. The van der Waals surface area contributed by atoms with E-state index in [-0.39, 0.29) is 6.04 Å². The van der Waals surface area contributed by atoms with Crippen molar-refractivity contribution in [3.63, 3.8) is 0 Å². The van der Waals surface area contributed by atoms with E-state index in [9.17, 15) is 0 Å². The Balaban J connectivity index is 2.51. The number of benzene rings is 2. The molecule has 21 heavy (non-hydrogen) atoms. The first-order valence-corrected chi connectivity index (χ1v) is 7.66. The van der Waals surface area contributed by atoms with Crippen molar-refractivity contribution >= 4 is 23.2 Å². The highest BCUT2D eigenvalue weighted by molar-refractivity contribution is 6.32. The Bertz CT molecular complexity index is 628. The molecule has 0 aliphatic heterocycles. The van der Waals surface area contributed by atoms with Gasteiger partial charge in [0.15, 0.2) is 0 Å². The van der Waals surface area contributed by atoms with E-state index in [2.05, 4.69) is 18.3 Å². The average molecular weight is 324 g/mol. The fraction of sp³-hybridized carbons (Fsp3) is 0.294. The van der Waals surface area contributed by atoms with Gasteiger partial charge in [0.25, 0.3) is 0 Å². The van der Waals surface area contributed by atoms with Gasteiger partial charge in [0, 0.05) is 10.0 Å². The molecule has 112 valence electrons. The highest BCUT2D eigenvalue weighted by Gasteiger charge is 2.19. The molecule has 2 aromatic rings. The van der Waals surface area contributed by atoms with Crippen molar-refractivity contribution < 1.29 is 4.74 Å². The number of ether oxygens (including phenoxy) is 1. The van der Waals surface area contributed by atoms with E-state index in [1.54, 1.807) is 7.11 Å². The predicted octanol–water partition coefficient (Wildman–Crippen LogP) is 5.01.